The number of anilines is 1. The Morgan fingerprint density at radius 1 is 1.18 bits per heavy atom. The van der Waals surface area contributed by atoms with E-state index in [4.69, 9.17) is 45.3 Å². The quantitative estimate of drug-likeness (QED) is 0.499. The summed E-state index contributed by atoms with van der Waals surface area (Å²) in [5.41, 5.74) is 5.24. The molecule has 0 saturated carbocycles. The van der Waals surface area contributed by atoms with Gasteiger partial charge in [0.2, 0.25) is 5.91 Å². The number of halogens is 3. The second kappa shape index (κ2) is 8.02. The third-order valence-electron chi connectivity index (χ3n) is 2.38. The highest BCUT2D eigenvalue weighted by molar-refractivity contribution is 6.45. The lowest BCUT2D eigenvalue weighted by molar-refractivity contribution is -0.380. The zero-order valence-corrected chi connectivity index (χ0v) is 13.5. The molecule has 0 aliphatic carbocycles. The van der Waals surface area contributed by atoms with E-state index in [1.807, 2.05) is 0 Å². The summed E-state index contributed by atoms with van der Waals surface area (Å²) in [6, 6.07) is 0. The minimum absolute atomic E-state index is 0.0356. The molecule has 8 nitrogen and oxygen atoms in total. The predicted molar refractivity (Wildman–Crippen MR) is 79.8 cm³/mol. The Morgan fingerprint density at radius 2 is 1.82 bits per heavy atom. The standard InChI is InChI=1S/C11H11Cl3N4O4/c1-16-4(19)2-17-5(20)3-22-11(21)9-6(12)8(15)7(13)10(14)18-9/h2-3H2,1H3,(H2,15,18)(H,16,19)(H,17,20)/p+1. The average molecular weight is 371 g/mol. The number of likely N-dealkylation sites (N-methyl/N-ethyl adjacent to an activating group) is 1. The van der Waals surface area contributed by atoms with Gasteiger partial charge in [0.15, 0.2) is 6.61 Å². The number of hydrogen-bond acceptors (Lipinski definition) is 5. The van der Waals surface area contributed by atoms with Crippen molar-refractivity contribution in [3.63, 3.8) is 0 Å². The van der Waals surface area contributed by atoms with Crippen LogP contribution in [-0.2, 0) is 14.3 Å². The minimum atomic E-state index is -0.953. The molecule has 0 fully saturated rings. The minimum Gasteiger partial charge on any atom is -0.448 e. The number of aromatic nitrogens is 1. The first-order valence-electron chi connectivity index (χ1n) is 5.77. The lowest BCUT2D eigenvalue weighted by Gasteiger charge is -2.06. The van der Waals surface area contributed by atoms with Crippen LogP contribution in [0.4, 0.5) is 5.69 Å². The highest BCUT2D eigenvalue weighted by Crippen LogP contribution is 2.32. The molecule has 0 radical (unpaired) electrons. The number of amides is 2. The van der Waals surface area contributed by atoms with Gasteiger partial charge in [-0.3, -0.25) is 9.59 Å². The van der Waals surface area contributed by atoms with E-state index >= 15 is 0 Å². The summed E-state index contributed by atoms with van der Waals surface area (Å²) >= 11 is 17.3. The molecule has 1 aromatic heterocycles. The van der Waals surface area contributed by atoms with Gasteiger partial charge in [0.05, 0.1) is 12.2 Å². The number of nitrogens with one attached hydrogen (secondary N) is 3. The number of ether oxygens (including phenoxy) is 1. The number of carbonyl (C=O) groups is 3. The second-order valence-corrected chi connectivity index (χ2v) is 5.02. The summed E-state index contributed by atoms with van der Waals surface area (Å²) in [4.78, 5) is 36.6. The zero-order valence-electron chi connectivity index (χ0n) is 11.3. The molecule has 120 valence electrons. The summed E-state index contributed by atoms with van der Waals surface area (Å²) in [6.07, 6.45) is 0. The van der Waals surface area contributed by atoms with E-state index in [1.165, 1.54) is 7.05 Å². The fraction of sp³-hybridized carbons (Fsp3) is 0.273. The Kier molecular flexibility index (Phi) is 6.66. The largest absolute Gasteiger partial charge is 0.448 e. The monoisotopic (exact) mass is 369 g/mol. The number of aromatic amines is 1. The Labute approximate surface area is 140 Å². The van der Waals surface area contributed by atoms with Crippen LogP contribution in [0, 0.1) is 0 Å². The van der Waals surface area contributed by atoms with Crippen molar-refractivity contribution in [2.75, 3.05) is 25.9 Å². The van der Waals surface area contributed by atoms with E-state index in [-0.39, 0.29) is 33.1 Å². The Morgan fingerprint density at radius 3 is 2.41 bits per heavy atom. The molecule has 0 aromatic carbocycles. The van der Waals surface area contributed by atoms with Crippen molar-refractivity contribution in [3.8, 4) is 0 Å². The molecular formula is C11H12Cl3N4O4+. The molecule has 0 atom stereocenters. The molecule has 0 unspecified atom stereocenters. The van der Waals surface area contributed by atoms with Crippen LogP contribution in [0.15, 0.2) is 0 Å². The van der Waals surface area contributed by atoms with Gasteiger partial charge in [0.1, 0.15) is 10.0 Å². The number of rotatable bonds is 5. The zero-order chi connectivity index (χ0) is 16.9. The lowest BCUT2D eigenvalue weighted by atomic mass is 10.3. The first kappa shape index (κ1) is 18.3. The summed E-state index contributed by atoms with van der Waals surface area (Å²) in [5, 5.41) is 4.25. The van der Waals surface area contributed by atoms with Gasteiger partial charge in [-0.05, 0) is 11.6 Å². The van der Waals surface area contributed by atoms with Crippen LogP contribution in [0.2, 0.25) is 15.2 Å². The van der Waals surface area contributed by atoms with Gasteiger partial charge in [-0.2, -0.15) is 4.98 Å². The predicted octanol–water partition coefficient (Wildman–Crippen LogP) is 0.0621. The smallest absolute Gasteiger partial charge is 0.405 e. The summed E-state index contributed by atoms with van der Waals surface area (Å²) in [6.45, 7) is -0.848. The fourth-order valence-corrected chi connectivity index (χ4v) is 1.84. The number of nitrogen functional groups attached to an aromatic ring is 1. The van der Waals surface area contributed by atoms with Crippen molar-refractivity contribution in [1.82, 2.24) is 10.6 Å². The second-order valence-electron chi connectivity index (χ2n) is 3.88. The van der Waals surface area contributed by atoms with E-state index in [0.29, 0.717) is 0 Å². The van der Waals surface area contributed by atoms with Crippen molar-refractivity contribution >= 4 is 58.3 Å². The number of nitrogens with two attached hydrogens (primary N) is 1. The molecule has 1 aromatic rings. The number of H-pyrrole nitrogens is 1. The summed E-state index contributed by atoms with van der Waals surface area (Å²) < 4.78 is 4.73. The van der Waals surface area contributed by atoms with Crippen LogP contribution in [0.1, 0.15) is 10.5 Å². The molecule has 0 spiro atoms. The molecular weight excluding hydrogens is 359 g/mol. The molecule has 0 aliphatic heterocycles. The summed E-state index contributed by atoms with van der Waals surface area (Å²) in [5.74, 6) is -2.01. The molecule has 0 saturated heterocycles. The molecule has 22 heavy (non-hydrogen) atoms. The fourth-order valence-electron chi connectivity index (χ4n) is 1.23. The van der Waals surface area contributed by atoms with Gasteiger partial charge in [0, 0.05) is 7.05 Å². The molecule has 1 heterocycles. The summed E-state index contributed by atoms with van der Waals surface area (Å²) in [7, 11) is 1.42. The lowest BCUT2D eigenvalue weighted by Crippen LogP contribution is -2.37. The van der Waals surface area contributed by atoms with Crippen molar-refractivity contribution in [2.45, 2.75) is 0 Å². The van der Waals surface area contributed by atoms with Crippen molar-refractivity contribution < 1.29 is 24.1 Å². The first-order valence-corrected chi connectivity index (χ1v) is 6.91. The van der Waals surface area contributed by atoms with E-state index in [1.54, 1.807) is 0 Å². The molecule has 1 rings (SSSR count). The topological polar surface area (TPSA) is 125 Å². The SMILES string of the molecule is CNC(=O)CNC(=O)COC(=O)c1[nH+]c(Cl)c(Cl)c(N)c1Cl. The van der Waals surface area contributed by atoms with Gasteiger partial charge in [-0.15, -0.1) is 0 Å². The molecule has 11 heteroatoms. The maximum atomic E-state index is 11.8. The first-order chi connectivity index (χ1) is 10.3. The van der Waals surface area contributed by atoms with Crippen LogP contribution in [0.5, 0.6) is 0 Å². The van der Waals surface area contributed by atoms with Crippen LogP contribution in [-0.4, -0.2) is 38.0 Å². The van der Waals surface area contributed by atoms with Crippen molar-refractivity contribution in [2.24, 2.45) is 0 Å². The maximum Gasteiger partial charge on any atom is 0.405 e. The van der Waals surface area contributed by atoms with E-state index in [9.17, 15) is 14.4 Å². The van der Waals surface area contributed by atoms with Crippen LogP contribution < -0.4 is 21.4 Å². The Bertz CT molecular complexity index is 624. The van der Waals surface area contributed by atoms with Crippen molar-refractivity contribution in [3.05, 3.63) is 20.9 Å². The Balaban J connectivity index is 2.67. The number of esters is 1. The normalized spacial score (nSPS) is 10.0. The van der Waals surface area contributed by atoms with Crippen LogP contribution in [0.25, 0.3) is 0 Å². The number of hydrogen-bond donors (Lipinski definition) is 3. The van der Waals surface area contributed by atoms with E-state index in [2.05, 4.69) is 15.6 Å². The highest BCUT2D eigenvalue weighted by atomic mass is 35.5. The third-order valence-corrected chi connectivity index (χ3v) is 3.55. The van der Waals surface area contributed by atoms with E-state index < -0.39 is 24.4 Å². The number of pyridine rings is 1. The third kappa shape index (κ3) is 4.62. The molecule has 0 aliphatic rings. The van der Waals surface area contributed by atoms with Crippen molar-refractivity contribution in [1.29, 1.82) is 0 Å². The van der Waals surface area contributed by atoms with Crippen LogP contribution in [0.3, 0.4) is 0 Å². The van der Waals surface area contributed by atoms with Gasteiger partial charge < -0.3 is 21.1 Å². The number of carbonyl (C=O) groups excluding carboxylic acids is 3. The van der Waals surface area contributed by atoms with Gasteiger partial charge in [-0.1, -0.05) is 23.2 Å². The maximum absolute atomic E-state index is 11.8. The van der Waals surface area contributed by atoms with Crippen LogP contribution >= 0.6 is 34.8 Å². The van der Waals surface area contributed by atoms with Gasteiger partial charge in [0.25, 0.3) is 11.1 Å². The average Bonchev–Trinajstić information content (AvgIpc) is 2.51. The molecule has 0 bridgehead atoms. The highest BCUT2D eigenvalue weighted by Gasteiger charge is 2.27. The molecule has 5 N–H and O–H groups in total. The molecule has 2 amide bonds. The Hall–Kier alpha value is -1.77. The van der Waals surface area contributed by atoms with Gasteiger partial charge >= 0.3 is 11.7 Å². The van der Waals surface area contributed by atoms with E-state index in [0.717, 1.165) is 0 Å². The van der Waals surface area contributed by atoms with Gasteiger partial charge in [-0.25, -0.2) is 4.79 Å².